The number of pyridine rings is 1. The second-order valence-corrected chi connectivity index (χ2v) is 10.0. The van der Waals surface area contributed by atoms with Crippen LogP contribution in [0.25, 0.3) is 16.7 Å². The maximum absolute atomic E-state index is 14.1. The van der Waals surface area contributed by atoms with Gasteiger partial charge in [0.25, 0.3) is 5.56 Å². The van der Waals surface area contributed by atoms with Gasteiger partial charge in [-0.15, -0.1) is 0 Å². The smallest absolute Gasteiger partial charge is 0.407 e. The standard InChI is InChI=1S/C26H29FN4O6/c1-26(2,3)37-24(34)29-17-8-10-18(11-9-17)31-22(32)20-13-16(27)14-28-21(20)30(25(31)35)19-7-5-6-15(12-19)23(33)36-4/h5-7,12-14,17-18H,8-11H2,1-4H3,(H,29,34)/t17-,18+. The van der Waals surface area contributed by atoms with E-state index in [1.54, 1.807) is 32.9 Å². The highest BCUT2D eigenvalue weighted by molar-refractivity contribution is 5.90. The third-order valence-electron chi connectivity index (χ3n) is 6.20. The molecule has 3 aromatic rings. The summed E-state index contributed by atoms with van der Waals surface area (Å²) in [6.07, 6.45) is 2.33. The molecule has 1 amide bonds. The van der Waals surface area contributed by atoms with Crippen LogP contribution in [0.4, 0.5) is 9.18 Å². The van der Waals surface area contributed by atoms with Crippen LogP contribution in [-0.2, 0) is 9.47 Å². The lowest BCUT2D eigenvalue weighted by Crippen LogP contribution is -2.45. The zero-order chi connectivity index (χ0) is 26.9. The van der Waals surface area contributed by atoms with Crippen molar-refractivity contribution in [2.24, 2.45) is 0 Å². The Kier molecular flexibility index (Phi) is 7.15. The number of carbonyl (C=O) groups excluding carboxylic acids is 2. The Morgan fingerprint density at radius 2 is 1.81 bits per heavy atom. The number of nitrogens with zero attached hydrogens (tertiary/aromatic N) is 3. The van der Waals surface area contributed by atoms with Crippen molar-refractivity contribution in [1.29, 1.82) is 0 Å². The zero-order valence-corrected chi connectivity index (χ0v) is 21.1. The van der Waals surface area contributed by atoms with E-state index in [0.29, 0.717) is 25.7 Å². The number of aromatic nitrogens is 3. The van der Waals surface area contributed by atoms with Gasteiger partial charge in [-0.2, -0.15) is 0 Å². The summed E-state index contributed by atoms with van der Waals surface area (Å²) in [6, 6.07) is 6.57. The molecule has 1 aliphatic carbocycles. The summed E-state index contributed by atoms with van der Waals surface area (Å²) >= 11 is 0. The first-order valence-corrected chi connectivity index (χ1v) is 12.0. The SMILES string of the molecule is COC(=O)c1cccc(-n2c(=O)n([C@H]3CC[C@@H](NC(=O)OC(C)(C)C)CC3)c(=O)c3cc(F)cnc32)c1. The molecule has 0 saturated heterocycles. The molecule has 37 heavy (non-hydrogen) atoms. The Hall–Kier alpha value is -4.02. The Bertz CT molecular complexity index is 1460. The second-order valence-electron chi connectivity index (χ2n) is 10.0. The van der Waals surface area contributed by atoms with Gasteiger partial charge in [-0.1, -0.05) is 6.07 Å². The fourth-order valence-corrected chi connectivity index (χ4v) is 4.58. The number of hydrogen-bond acceptors (Lipinski definition) is 7. The van der Waals surface area contributed by atoms with Crippen molar-refractivity contribution in [3.63, 3.8) is 0 Å². The number of rotatable bonds is 4. The summed E-state index contributed by atoms with van der Waals surface area (Å²) in [6.45, 7) is 5.33. The van der Waals surface area contributed by atoms with Crippen LogP contribution in [0.15, 0.2) is 46.1 Å². The number of alkyl carbamates (subject to hydrolysis) is 1. The molecule has 0 radical (unpaired) electrons. The minimum atomic E-state index is -0.713. The summed E-state index contributed by atoms with van der Waals surface area (Å²) in [4.78, 5) is 55.4. The Morgan fingerprint density at radius 3 is 2.46 bits per heavy atom. The highest BCUT2D eigenvalue weighted by atomic mass is 19.1. The van der Waals surface area contributed by atoms with Gasteiger partial charge in [0, 0.05) is 12.1 Å². The van der Waals surface area contributed by atoms with E-state index in [4.69, 9.17) is 9.47 Å². The Labute approximate surface area is 212 Å². The average Bonchev–Trinajstić information content (AvgIpc) is 2.84. The molecule has 196 valence electrons. The van der Waals surface area contributed by atoms with Crippen LogP contribution >= 0.6 is 0 Å². The summed E-state index contributed by atoms with van der Waals surface area (Å²) in [7, 11) is 1.25. The van der Waals surface area contributed by atoms with Gasteiger partial charge >= 0.3 is 17.8 Å². The number of benzene rings is 1. The minimum Gasteiger partial charge on any atom is -0.465 e. The van der Waals surface area contributed by atoms with Crippen LogP contribution < -0.4 is 16.6 Å². The van der Waals surface area contributed by atoms with Crippen molar-refractivity contribution < 1.29 is 23.5 Å². The number of amides is 1. The molecular weight excluding hydrogens is 483 g/mol. The fourth-order valence-electron chi connectivity index (χ4n) is 4.58. The molecular formula is C26H29FN4O6. The summed E-state index contributed by atoms with van der Waals surface area (Å²) < 4.78 is 26.5. The molecule has 1 saturated carbocycles. The predicted molar refractivity (Wildman–Crippen MR) is 134 cm³/mol. The Balaban J connectivity index is 1.73. The largest absolute Gasteiger partial charge is 0.465 e. The second kappa shape index (κ2) is 10.2. The van der Waals surface area contributed by atoms with Crippen molar-refractivity contribution in [2.45, 2.75) is 64.1 Å². The van der Waals surface area contributed by atoms with Crippen molar-refractivity contribution in [1.82, 2.24) is 19.4 Å². The molecule has 2 heterocycles. The van der Waals surface area contributed by atoms with E-state index in [1.807, 2.05) is 0 Å². The molecule has 0 bridgehead atoms. The molecule has 1 aliphatic rings. The highest BCUT2D eigenvalue weighted by Crippen LogP contribution is 2.28. The van der Waals surface area contributed by atoms with E-state index in [9.17, 15) is 23.6 Å². The van der Waals surface area contributed by atoms with E-state index in [0.717, 1.165) is 16.8 Å². The monoisotopic (exact) mass is 512 g/mol. The third-order valence-corrected chi connectivity index (χ3v) is 6.20. The van der Waals surface area contributed by atoms with Gasteiger partial charge in [-0.3, -0.25) is 9.36 Å². The number of hydrogen-bond donors (Lipinski definition) is 1. The van der Waals surface area contributed by atoms with Crippen LogP contribution in [-0.4, -0.2) is 44.9 Å². The molecule has 11 heteroatoms. The number of methoxy groups -OCH3 is 1. The topological polar surface area (TPSA) is 122 Å². The maximum atomic E-state index is 14.1. The van der Waals surface area contributed by atoms with Gasteiger partial charge in [0.05, 0.1) is 29.9 Å². The van der Waals surface area contributed by atoms with Crippen LogP contribution in [0.5, 0.6) is 0 Å². The van der Waals surface area contributed by atoms with Crippen molar-refractivity contribution in [3.05, 3.63) is 68.7 Å². The van der Waals surface area contributed by atoms with Gasteiger partial charge in [0.1, 0.15) is 11.4 Å². The lowest BCUT2D eigenvalue weighted by atomic mass is 9.91. The van der Waals surface area contributed by atoms with Crippen molar-refractivity contribution in [2.75, 3.05) is 7.11 Å². The van der Waals surface area contributed by atoms with Crippen LogP contribution in [0.3, 0.4) is 0 Å². The molecule has 0 unspecified atom stereocenters. The van der Waals surface area contributed by atoms with Crippen LogP contribution in [0.1, 0.15) is 62.9 Å². The van der Waals surface area contributed by atoms with E-state index in [2.05, 4.69) is 10.3 Å². The fraction of sp³-hybridized carbons (Fsp3) is 0.423. The van der Waals surface area contributed by atoms with Crippen molar-refractivity contribution >= 4 is 23.1 Å². The molecule has 0 aliphatic heterocycles. The lowest BCUT2D eigenvalue weighted by Gasteiger charge is -2.31. The van der Waals surface area contributed by atoms with Gasteiger partial charge in [0.2, 0.25) is 0 Å². The number of esters is 1. The number of ether oxygens (including phenoxy) is 2. The first-order chi connectivity index (χ1) is 17.5. The van der Waals surface area contributed by atoms with Gasteiger partial charge < -0.3 is 14.8 Å². The van der Waals surface area contributed by atoms with E-state index in [1.165, 1.54) is 23.8 Å². The molecule has 1 fully saturated rings. The number of fused-ring (bicyclic) bond motifs is 1. The van der Waals surface area contributed by atoms with Gasteiger partial charge in [0.15, 0.2) is 5.65 Å². The average molecular weight is 513 g/mol. The van der Waals surface area contributed by atoms with E-state index >= 15 is 0 Å². The zero-order valence-electron chi connectivity index (χ0n) is 21.1. The molecule has 0 atom stereocenters. The maximum Gasteiger partial charge on any atom is 0.407 e. The van der Waals surface area contributed by atoms with Crippen LogP contribution in [0.2, 0.25) is 0 Å². The third kappa shape index (κ3) is 5.55. The molecule has 4 rings (SSSR count). The minimum absolute atomic E-state index is 0.0186. The first-order valence-electron chi connectivity index (χ1n) is 12.0. The molecule has 0 spiro atoms. The van der Waals surface area contributed by atoms with Gasteiger partial charge in [-0.05, 0) is 70.7 Å². The number of halogens is 1. The van der Waals surface area contributed by atoms with E-state index < -0.39 is 40.8 Å². The first kappa shape index (κ1) is 26.1. The van der Waals surface area contributed by atoms with E-state index in [-0.39, 0.29) is 28.3 Å². The molecule has 10 nitrogen and oxygen atoms in total. The van der Waals surface area contributed by atoms with Crippen LogP contribution in [0, 0.1) is 5.82 Å². The molecule has 1 N–H and O–H groups in total. The Morgan fingerprint density at radius 1 is 1.11 bits per heavy atom. The summed E-state index contributed by atoms with van der Waals surface area (Å²) in [5, 5.41) is 2.78. The summed E-state index contributed by atoms with van der Waals surface area (Å²) in [5.41, 5.74) is -1.45. The normalized spacial score (nSPS) is 17.9. The molecule has 1 aromatic carbocycles. The molecule has 2 aromatic heterocycles. The summed E-state index contributed by atoms with van der Waals surface area (Å²) in [5.74, 6) is -1.31. The lowest BCUT2D eigenvalue weighted by molar-refractivity contribution is 0.0486. The number of nitrogens with one attached hydrogen (secondary N) is 1. The van der Waals surface area contributed by atoms with Crippen molar-refractivity contribution in [3.8, 4) is 5.69 Å². The quantitative estimate of drug-likeness (QED) is 0.531. The predicted octanol–water partition coefficient (Wildman–Crippen LogP) is 3.48. The van der Waals surface area contributed by atoms with Gasteiger partial charge in [-0.25, -0.2) is 28.3 Å². The number of carbonyl (C=O) groups is 2. The highest BCUT2D eigenvalue weighted by Gasteiger charge is 2.29.